The standard InChI is InChI=1S/C21H24N2O6S/c1-12(24)28-10-14-11-30-19-16(22-9-13-7-5-6-8-15(13)25)18(26)23(19)17(14)20(27)29-21(2,3)4/h5-9,16,19,25H,10-11H2,1-4H3/t16-,19-/m1/s1. The van der Waals surface area contributed by atoms with E-state index in [0.717, 1.165) is 0 Å². The average Bonchev–Trinajstić information content (AvgIpc) is 2.65. The number of amides is 1. The predicted octanol–water partition coefficient (Wildman–Crippen LogP) is 2.25. The summed E-state index contributed by atoms with van der Waals surface area (Å²) in [6.45, 7) is 6.42. The van der Waals surface area contributed by atoms with Crippen molar-refractivity contribution in [1.82, 2.24) is 4.90 Å². The second-order valence-corrected chi connectivity index (χ2v) is 9.03. The summed E-state index contributed by atoms with van der Waals surface area (Å²) < 4.78 is 10.6. The number of β-lactam (4-membered cyclic amide) rings is 1. The molecule has 3 rings (SSSR count). The molecule has 2 heterocycles. The van der Waals surface area contributed by atoms with E-state index in [2.05, 4.69) is 4.99 Å². The lowest BCUT2D eigenvalue weighted by molar-refractivity contribution is -0.158. The van der Waals surface area contributed by atoms with Crippen LogP contribution in [0.3, 0.4) is 0 Å². The van der Waals surface area contributed by atoms with Crippen molar-refractivity contribution in [1.29, 1.82) is 0 Å². The fraction of sp³-hybridized carbons (Fsp3) is 0.429. The van der Waals surface area contributed by atoms with Gasteiger partial charge in [-0.15, -0.1) is 11.8 Å². The Morgan fingerprint density at radius 1 is 1.33 bits per heavy atom. The van der Waals surface area contributed by atoms with E-state index in [1.54, 1.807) is 39.0 Å². The molecule has 2 aliphatic heterocycles. The average molecular weight is 432 g/mol. The number of aromatic hydroxyl groups is 1. The van der Waals surface area contributed by atoms with Crippen LogP contribution in [0, 0.1) is 0 Å². The van der Waals surface area contributed by atoms with Gasteiger partial charge in [0.25, 0.3) is 5.91 Å². The van der Waals surface area contributed by atoms with Crippen LogP contribution in [0.4, 0.5) is 0 Å². The van der Waals surface area contributed by atoms with Crippen LogP contribution in [0.2, 0.25) is 0 Å². The smallest absolute Gasteiger partial charge is 0.355 e. The van der Waals surface area contributed by atoms with Crippen molar-refractivity contribution in [2.75, 3.05) is 12.4 Å². The number of phenols is 1. The molecule has 0 saturated carbocycles. The van der Waals surface area contributed by atoms with Gasteiger partial charge in [-0.05, 0) is 32.9 Å². The zero-order chi connectivity index (χ0) is 22.1. The van der Waals surface area contributed by atoms with Crippen molar-refractivity contribution in [2.24, 2.45) is 4.99 Å². The third-order valence-corrected chi connectivity index (χ3v) is 5.70. The summed E-state index contributed by atoms with van der Waals surface area (Å²) in [4.78, 5) is 42.6. The number of fused-ring (bicyclic) bond motifs is 1. The van der Waals surface area contributed by atoms with Crippen LogP contribution in [0.25, 0.3) is 0 Å². The van der Waals surface area contributed by atoms with Crippen LogP contribution in [-0.4, -0.2) is 63.4 Å². The number of aliphatic imine (C=N–C) groups is 1. The van der Waals surface area contributed by atoms with Crippen LogP contribution in [-0.2, 0) is 23.9 Å². The van der Waals surface area contributed by atoms with Gasteiger partial charge in [0.15, 0.2) is 6.04 Å². The molecular weight excluding hydrogens is 408 g/mol. The number of hydrogen-bond donors (Lipinski definition) is 1. The Labute approximate surface area is 178 Å². The Morgan fingerprint density at radius 3 is 2.67 bits per heavy atom. The van der Waals surface area contributed by atoms with E-state index < -0.39 is 23.6 Å². The first-order valence-corrected chi connectivity index (χ1v) is 10.5. The summed E-state index contributed by atoms with van der Waals surface area (Å²) in [5, 5.41) is 9.50. The quantitative estimate of drug-likeness (QED) is 0.432. The molecule has 1 aromatic rings. The largest absolute Gasteiger partial charge is 0.507 e. The van der Waals surface area contributed by atoms with Gasteiger partial charge in [-0.1, -0.05) is 12.1 Å². The molecule has 1 saturated heterocycles. The number of nitrogens with zero attached hydrogens (tertiary/aromatic N) is 2. The Balaban J connectivity index is 1.85. The van der Waals surface area contributed by atoms with E-state index in [4.69, 9.17) is 9.47 Å². The zero-order valence-electron chi connectivity index (χ0n) is 17.2. The Bertz CT molecular complexity index is 934. The topological polar surface area (TPSA) is 106 Å². The van der Waals surface area contributed by atoms with Crippen molar-refractivity contribution in [3.8, 4) is 5.75 Å². The molecule has 1 N–H and O–H groups in total. The number of carbonyl (C=O) groups is 3. The number of para-hydroxylation sites is 1. The maximum Gasteiger partial charge on any atom is 0.355 e. The lowest BCUT2D eigenvalue weighted by Crippen LogP contribution is -2.64. The molecule has 8 nitrogen and oxygen atoms in total. The van der Waals surface area contributed by atoms with Gasteiger partial charge >= 0.3 is 11.9 Å². The number of phenolic OH excluding ortho intramolecular Hbond substituents is 1. The van der Waals surface area contributed by atoms with Crippen LogP contribution >= 0.6 is 11.8 Å². The maximum atomic E-state index is 12.9. The minimum absolute atomic E-state index is 0.0687. The van der Waals surface area contributed by atoms with Gasteiger partial charge in [-0.25, -0.2) is 4.79 Å². The van der Waals surface area contributed by atoms with E-state index in [-0.39, 0.29) is 29.3 Å². The van der Waals surface area contributed by atoms with Gasteiger partial charge in [-0.2, -0.15) is 0 Å². The van der Waals surface area contributed by atoms with Crippen molar-refractivity contribution in [3.05, 3.63) is 41.1 Å². The SMILES string of the molecule is CC(=O)OCC1=C(C(=O)OC(C)(C)C)N2C(=O)[C@@H](N=Cc3ccccc3O)[C@H]2SC1. The van der Waals surface area contributed by atoms with Gasteiger partial charge < -0.3 is 14.6 Å². The van der Waals surface area contributed by atoms with Gasteiger partial charge in [-0.3, -0.25) is 19.5 Å². The summed E-state index contributed by atoms with van der Waals surface area (Å²) >= 11 is 1.43. The highest BCUT2D eigenvalue weighted by molar-refractivity contribution is 8.00. The van der Waals surface area contributed by atoms with E-state index >= 15 is 0 Å². The lowest BCUT2D eigenvalue weighted by atomic mass is 10.0. The van der Waals surface area contributed by atoms with E-state index in [1.807, 2.05) is 0 Å². The maximum absolute atomic E-state index is 12.9. The van der Waals surface area contributed by atoms with Crippen molar-refractivity contribution < 1.29 is 29.0 Å². The molecule has 0 aromatic heterocycles. The molecule has 0 radical (unpaired) electrons. The predicted molar refractivity (Wildman–Crippen MR) is 112 cm³/mol. The highest BCUT2D eigenvalue weighted by Crippen LogP contribution is 2.42. The number of ether oxygens (including phenoxy) is 2. The van der Waals surface area contributed by atoms with Gasteiger partial charge in [0.05, 0.1) is 0 Å². The van der Waals surface area contributed by atoms with E-state index in [9.17, 15) is 19.5 Å². The number of carbonyl (C=O) groups excluding carboxylic acids is 3. The van der Waals surface area contributed by atoms with Crippen molar-refractivity contribution >= 4 is 35.8 Å². The third kappa shape index (κ3) is 4.67. The summed E-state index contributed by atoms with van der Waals surface area (Å²) in [7, 11) is 0. The molecular formula is C21H24N2O6S. The van der Waals surface area contributed by atoms with Gasteiger partial charge in [0, 0.05) is 30.0 Å². The fourth-order valence-electron chi connectivity index (χ4n) is 3.04. The number of hydrogen-bond acceptors (Lipinski definition) is 8. The summed E-state index contributed by atoms with van der Waals surface area (Å²) in [6.07, 6.45) is 1.46. The highest BCUT2D eigenvalue weighted by atomic mass is 32.2. The number of benzene rings is 1. The number of rotatable bonds is 5. The van der Waals surface area contributed by atoms with Crippen molar-refractivity contribution in [3.63, 3.8) is 0 Å². The molecule has 2 atom stereocenters. The lowest BCUT2D eigenvalue weighted by Gasteiger charge is -2.48. The highest BCUT2D eigenvalue weighted by Gasteiger charge is 2.54. The van der Waals surface area contributed by atoms with E-state index in [1.165, 1.54) is 35.9 Å². The molecule has 1 aromatic carbocycles. The monoisotopic (exact) mass is 432 g/mol. The van der Waals surface area contributed by atoms with Crippen LogP contribution in [0.5, 0.6) is 5.75 Å². The van der Waals surface area contributed by atoms with Crippen LogP contribution in [0.1, 0.15) is 33.3 Å². The number of thioether (sulfide) groups is 1. The van der Waals surface area contributed by atoms with Crippen LogP contribution in [0.15, 0.2) is 40.5 Å². The minimum Gasteiger partial charge on any atom is -0.507 e. The molecule has 30 heavy (non-hydrogen) atoms. The second-order valence-electron chi connectivity index (χ2n) is 7.93. The van der Waals surface area contributed by atoms with Gasteiger partial charge in [0.2, 0.25) is 0 Å². The Kier molecular flexibility index (Phi) is 6.21. The fourth-order valence-corrected chi connectivity index (χ4v) is 4.36. The summed E-state index contributed by atoms with van der Waals surface area (Å²) in [5.74, 6) is -0.984. The molecule has 0 bridgehead atoms. The minimum atomic E-state index is -0.743. The summed E-state index contributed by atoms with van der Waals surface area (Å²) in [6, 6.07) is 6.01. The Hall–Kier alpha value is -2.81. The molecule has 1 fully saturated rings. The second kappa shape index (κ2) is 8.51. The molecule has 0 spiro atoms. The Morgan fingerprint density at radius 2 is 2.03 bits per heavy atom. The number of esters is 2. The molecule has 0 unspecified atom stereocenters. The molecule has 1 amide bonds. The van der Waals surface area contributed by atoms with Gasteiger partial charge in [0.1, 0.15) is 29.0 Å². The first-order chi connectivity index (χ1) is 14.1. The molecule has 9 heteroatoms. The first-order valence-electron chi connectivity index (χ1n) is 9.43. The van der Waals surface area contributed by atoms with Crippen LogP contribution < -0.4 is 0 Å². The third-order valence-electron chi connectivity index (χ3n) is 4.37. The molecule has 160 valence electrons. The van der Waals surface area contributed by atoms with E-state index in [0.29, 0.717) is 16.9 Å². The molecule has 0 aliphatic carbocycles. The summed E-state index contributed by atoms with van der Waals surface area (Å²) in [5.41, 5.74) is 0.404. The normalized spacial score (nSPS) is 21.3. The zero-order valence-corrected chi connectivity index (χ0v) is 18.1. The van der Waals surface area contributed by atoms with Crippen molar-refractivity contribution in [2.45, 2.75) is 44.7 Å². The first kappa shape index (κ1) is 21.9. The molecule has 2 aliphatic rings.